The molecule has 0 saturated heterocycles. The molecule has 0 aliphatic heterocycles. The molecule has 0 radical (unpaired) electrons. The number of guanidine groups is 1. The number of fused-ring (bicyclic) bond motifs is 2. The van der Waals surface area contributed by atoms with Crippen LogP contribution < -0.4 is 16.0 Å². The Morgan fingerprint density at radius 2 is 1.82 bits per heavy atom. The summed E-state index contributed by atoms with van der Waals surface area (Å²) in [5.41, 5.74) is -0.494. The average Bonchev–Trinajstić information content (AvgIpc) is 3.19. The molecular formula is C20H37N5O3. The van der Waals surface area contributed by atoms with Crippen molar-refractivity contribution in [2.75, 3.05) is 33.7 Å². The number of ether oxygens (including phenoxy) is 1. The van der Waals surface area contributed by atoms with Crippen LogP contribution in [0.15, 0.2) is 4.99 Å². The van der Waals surface area contributed by atoms with Gasteiger partial charge < -0.3 is 25.6 Å². The molecule has 2 saturated carbocycles. The van der Waals surface area contributed by atoms with Gasteiger partial charge in [-0.05, 0) is 58.3 Å². The highest BCUT2D eigenvalue weighted by molar-refractivity contribution is 5.85. The lowest BCUT2D eigenvalue weighted by molar-refractivity contribution is -0.127. The van der Waals surface area contributed by atoms with Crippen LogP contribution in [0.3, 0.4) is 0 Å². The highest BCUT2D eigenvalue weighted by atomic mass is 16.6. The summed E-state index contributed by atoms with van der Waals surface area (Å²) in [4.78, 5) is 29.6. The number of nitrogens with one attached hydrogen (secondary N) is 3. The van der Waals surface area contributed by atoms with Gasteiger partial charge in [0.15, 0.2) is 5.96 Å². The normalized spacial score (nSPS) is 24.0. The molecule has 8 nitrogen and oxygen atoms in total. The number of hydrogen-bond donors (Lipinski definition) is 3. The second kappa shape index (κ2) is 9.98. The van der Waals surface area contributed by atoms with Crippen LogP contribution in [-0.4, -0.2) is 68.2 Å². The number of hydrogen-bond acceptors (Lipinski definition) is 4. The fraction of sp³-hybridized carbons (Fsp3) is 0.850. The first-order chi connectivity index (χ1) is 13.1. The van der Waals surface area contributed by atoms with E-state index in [0.29, 0.717) is 25.1 Å². The van der Waals surface area contributed by atoms with Crippen LogP contribution in [0.1, 0.15) is 52.9 Å². The second-order valence-corrected chi connectivity index (χ2v) is 9.09. The van der Waals surface area contributed by atoms with Crippen molar-refractivity contribution in [1.29, 1.82) is 0 Å². The van der Waals surface area contributed by atoms with E-state index in [-0.39, 0.29) is 12.5 Å². The molecular weight excluding hydrogens is 358 g/mol. The monoisotopic (exact) mass is 395 g/mol. The third kappa shape index (κ3) is 7.56. The molecule has 3 atom stereocenters. The Balaban J connectivity index is 1.76. The molecule has 0 spiro atoms. The Morgan fingerprint density at radius 1 is 1.11 bits per heavy atom. The standard InChI is InChI=1S/C20H37N5O3/c1-20(2,3)28-19(27)22-10-6-9-21-18(23-13-17(26)25(4)5)24-16-12-14-7-8-15(16)11-14/h14-16H,6-13H2,1-5H3,(H,22,27)(H2,21,23,24). The lowest BCUT2D eigenvalue weighted by Gasteiger charge is -2.25. The number of carbonyl (C=O) groups is 2. The van der Waals surface area contributed by atoms with Crippen molar-refractivity contribution in [3.63, 3.8) is 0 Å². The van der Waals surface area contributed by atoms with Crippen LogP contribution in [0.25, 0.3) is 0 Å². The van der Waals surface area contributed by atoms with E-state index in [1.807, 2.05) is 20.8 Å². The Bertz CT molecular complexity index is 571. The van der Waals surface area contributed by atoms with Gasteiger partial charge in [0.25, 0.3) is 0 Å². The summed E-state index contributed by atoms with van der Waals surface area (Å²) >= 11 is 0. The zero-order chi connectivity index (χ0) is 20.7. The minimum atomic E-state index is -0.494. The van der Waals surface area contributed by atoms with Gasteiger partial charge in [0.1, 0.15) is 12.1 Å². The molecule has 8 heteroatoms. The summed E-state index contributed by atoms with van der Waals surface area (Å²) in [6.45, 7) is 6.81. The van der Waals surface area contributed by atoms with Crippen molar-refractivity contribution in [3.05, 3.63) is 0 Å². The van der Waals surface area contributed by atoms with Crippen LogP contribution in [0.5, 0.6) is 0 Å². The molecule has 160 valence electrons. The first kappa shape index (κ1) is 22.3. The Morgan fingerprint density at radius 3 is 2.39 bits per heavy atom. The minimum Gasteiger partial charge on any atom is -0.444 e. The highest BCUT2D eigenvalue weighted by Crippen LogP contribution is 2.44. The zero-order valence-electron chi connectivity index (χ0n) is 18.0. The van der Waals surface area contributed by atoms with Crippen LogP contribution in [0.2, 0.25) is 0 Å². The number of carbonyl (C=O) groups excluding carboxylic acids is 2. The number of alkyl carbamates (subject to hydrolysis) is 1. The number of nitrogens with zero attached hydrogens (tertiary/aromatic N) is 2. The van der Waals surface area contributed by atoms with Gasteiger partial charge in [-0.15, -0.1) is 0 Å². The molecule has 3 unspecified atom stereocenters. The summed E-state index contributed by atoms with van der Waals surface area (Å²) in [7, 11) is 3.47. The Labute approximate surface area is 168 Å². The van der Waals surface area contributed by atoms with E-state index >= 15 is 0 Å². The van der Waals surface area contributed by atoms with E-state index in [9.17, 15) is 9.59 Å². The van der Waals surface area contributed by atoms with E-state index in [1.54, 1.807) is 19.0 Å². The first-order valence-corrected chi connectivity index (χ1v) is 10.4. The second-order valence-electron chi connectivity index (χ2n) is 9.09. The molecule has 2 fully saturated rings. The maximum atomic E-state index is 11.9. The van der Waals surface area contributed by atoms with Gasteiger partial charge in [0, 0.05) is 33.2 Å². The number of likely N-dealkylation sites (N-methyl/N-ethyl adjacent to an activating group) is 1. The largest absolute Gasteiger partial charge is 0.444 e. The van der Waals surface area contributed by atoms with Crippen molar-refractivity contribution in [3.8, 4) is 0 Å². The lowest BCUT2D eigenvalue weighted by Crippen LogP contribution is -2.46. The number of rotatable bonds is 7. The van der Waals surface area contributed by atoms with E-state index in [4.69, 9.17) is 4.74 Å². The van der Waals surface area contributed by atoms with Gasteiger partial charge >= 0.3 is 6.09 Å². The van der Waals surface area contributed by atoms with Gasteiger partial charge in [-0.1, -0.05) is 6.42 Å². The van der Waals surface area contributed by atoms with Crippen LogP contribution in [0.4, 0.5) is 4.79 Å². The molecule has 0 aromatic rings. The highest BCUT2D eigenvalue weighted by Gasteiger charge is 2.39. The van der Waals surface area contributed by atoms with Gasteiger partial charge in [-0.3, -0.25) is 4.79 Å². The molecule has 2 aliphatic carbocycles. The summed E-state index contributed by atoms with van der Waals surface area (Å²) in [5, 5.41) is 9.58. The van der Waals surface area contributed by atoms with E-state index in [0.717, 1.165) is 18.3 Å². The third-order valence-electron chi connectivity index (χ3n) is 5.25. The maximum Gasteiger partial charge on any atom is 0.407 e. The average molecular weight is 396 g/mol. The van der Waals surface area contributed by atoms with Crippen molar-refractivity contribution in [2.45, 2.75) is 64.5 Å². The molecule has 2 aliphatic rings. The molecule has 28 heavy (non-hydrogen) atoms. The van der Waals surface area contributed by atoms with Gasteiger partial charge in [-0.2, -0.15) is 0 Å². The SMILES string of the molecule is CN(C)C(=O)CN=C(NCCCNC(=O)OC(C)(C)C)NC1CC2CCC1C2. The molecule has 2 bridgehead atoms. The number of aliphatic imine (C=N–C) groups is 1. The number of amides is 2. The smallest absolute Gasteiger partial charge is 0.407 e. The van der Waals surface area contributed by atoms with Crippen LogP contribution in [0, 0.1) is 11.8 Å². The molecule has 0 aromatic carbocycles. The molecule has 0 heterocycles. The lowest BCUT2D eigenvalue weighted by atomic mass is 9.95. The van der Waals surface area contributed by atoms with Gasteiger partial charge in [-0.25, -0.2) is 9.79 Å². The van der Waals surface area contributed by atoms with E-state index < -0.39 is 11.7 Å². The van der Waals surface area contributed by atoms with Gasteiger partial charge in [0.2, 0.25) is 5.91 Å². The fourth-order valence-electron chi connectivity index (χ4n) is 3.84. The summed E-state index contributed by atoms with van der Waals surface area (Å²) in [5.74, 6) is 2.21. The van der Waals surface area contributed by atoms with Crippen molar-refractivity contribution in [1.82, 2.24) is 20.9 Å². The summed E-state index contributed by atoms with van der Waals surface area (Å²) < 4.78 is 5.22. The third-order valence-corrected chi connectivity index (χ3v) is 5.25. The first-order valence-electron chi connectivity index (χ1n) is 10.4. The summed E-state index contributed by atoms with van der Waals surface area (Å²) in [6, 6.07) is 0.444. The Kier molecular flexibility index (Phi) is 7.95. The molecule has 0 aromatic heterocycles. The van der Waals surface area contributed by atoms with E-state index in [2.05, 4.69) is 20.9 Å². The maximum absolute atomic E-state index is 11.9. The van der Waals surface area contributed by atoms with Crippen LogP contribution in [-0.2, 0) is 9.53 Å². The molecule has 3 N–H and O–H groups in total. The van der Waals surface area contributed by atoms with Gasteiger partial charge in [0.05, 0.1) is 0 Å². The quantitative estimate of drug-likeness (QED) is 0.347. The van der Waals surface area contributed by atoms with Crippen molar-refractivity contribution >= 4 is 18.0 Å². The Hall–Kier alpha value is -1.99. The van der Waals surface area contributed by atoms with Crippen LogP contribution >= 0.6 is 0 Å². The predicted molar refractivity (Wildman–Crippen MR) is 110 cm³/mol. The molecule has 2 amide bonds. The zero-order valence-corrected chi connectivity index (χ0v) is 18.0. The minimum absolute atomic E-state index is 0.0272. The molecule has 2 rings (SSSR count). The topological polar surface area (TPSA) is 95.1 Å². The van der Waals surface area contributed by atoms with E-state index in [1.165, 1.54) is 25.7 Å². The van der Waals surface area contributed by atoms with Crippen molar-refractivity contribution in [2.24, 2.45) is 16.8 Å². The fourth-order valence-corrected chi connectivity index (χ4v) is 3.84. The van der Waals surface area contributed by atoms with Crippen molar-refractivity contribution < 1.29 is 14.3 Å². The summed E-state index contributed by atoms with van der Waals surface area (Å²) in [6.07, 6.45) is 5.45. The predicted octanol–water partition coefficient (Wildman–Crippen LogP) is 1.71.